The van der Waals surface area contributed by atoms with E-state index in [1.165, 1.54) is 31.3 Å². The normalized spacial score (nSPS) is 39.7. The molecular weight excluding hydrogens is 235 g/mol. The topological polar surface area (TPSA) is 0 Å². The third kappa shape index (κ3) is 2.80. The number of hydrogen-bond donors (Lipinski definition) is 0. The van der Waals surface area contributed by atoms with Crippen molar-refractivity contribution in [2.45, 2.75) is 65.0 Å². The third-order valence-corrected chi connectivity index (χ3v) is 5.58. The average Bonchev–Trinajstić information content (AvgIpc) is 3.24. The van der Waals surface area contributed by atoms with Gasteiger partial charge in [-0.25, -0.2) is 4.39 Å². The SMILES string of the molecule is CCC1C[C@H](C2CC2)C(C2=CC[C@H](F)CC2)=CC1C. The Hall–Kier alpha value is -0.590. The van der Waals surface area contributed by atoms with E-state index in [-0.39, 0.29) is 0 Å². The molecule has 3 aliphatic rings. The summed E-state index contributed by atoms with van der Waals surface area (Å²) in [5.74, 6) is 3.31. The first-order valence-electron chi connectivity index (χ1n) is 8.24. The lowest BCUT2D eigenvalue weighted by Crippen LogP contribution is -2.25. The molecular formula is C18H27F. The number of rotatable bonds is 3. The molecule has 3 rings (SSSR count). The Labute approximate surface area is 117 Å². The molecule has 106 valence electrons. The van der Waals surface area contributed by atoms with Crippen LogP contribution in [0.5, 0.6) is 0 Å². The Morgan fingerprint density at radius 3 is 2.63 bits per heavy atom. The van der Waals surface area contributed by atoms with Crippen LogP contribution >= 0.6 is 0 Å². The molecule has 0 N–H and O–H groups in total. The minimum Gasteiger partial charge on any atom is -0.247 e. The molecule has 0 radical (unpaired) electrons. The minimum absolute atomic E-state index is 0.590. The van der Waals surface area contributed by atoms with Crippen LogP contribution in [0, 0.1) is 23.7 Å². The molecule has 1 saturated carbocycles. The lowest BCUT2D eigenvalue weighted by atomic mass is 9.69. The molecule has 0 aliphatic heterocycles. The summed E-state index contributed by atoms with van der Waals surface area (Å²) in [4.78, 5) is 0. The molecule has 0 saturated heterocycles. The molecule has 2 unspecified atom stereocenters. The van der Waals surface area contributed by atoms with Gasteiger partial charge in [-0.05, 0) is 73.3 Å². The van der Waals surface area contributed by atoms with Crippen LogP contribution in [0.3, 0.4) is 0 Å². The maximum atomic E-state index is 13.3. The van der Waals surface area contributed by atoms with Gasteiger partial charge in [0.05, 0.1) is 0 Å². The van der Waals surface area contributed by atoms with Gasteiger partial charge in [-0.15, -0.1) is 0 Å². The van der Waals surface area contributed by atoms with Crippen molar-refractivity contribution in [3.8, 4) is 0 Å². The zero-order chi connectivity index (χ0) is 13.4. The van der Waals surface area contributed by atoms with Crippen LogP contribution in [0.2, 0.25) is 0 Å². The fourth-order valence-corrected chi connectivity index (χ4v) is 4.10. The zero-order valence-corrected chi connectivity index (χ0v) is 12.4. The lowest BCUT2D eigenvalue weighted by molar-refractivity contribution is 0.281. The van der Waals surface area contributed by atoms with E-state index in [1.54, 1.807) is 5.57 Å². The van der Waals surface area contributed by atoms with Crippen LogP contribution < -0.4 is 0 Å². The smallest absolute Gasteiger partial charge is 0.104 e. The van der Waals surface area contributed by atoms with E-state index in [2.05, 4.69) is 26.0 Å². The highest BCUT2D eigenvalue weighted by Crippen LogP contribution is 2.50. The summed E-state index contributed by atoms with van der Waals surface area (Å²) in [5, 5.41) is 0. The lowest BCUT2D eigenvalue weighted by Gasteiger charge is -2.36. The fourth-order valence-electron chi connectivity index (χ4n) is 4.10. The summed E-state index contributed by atoms with van der Waals surface area (Å²) in [6.45, 7) is 4.70. The van der Waals surface area contributed by atoms with Crippen molar-refractivity contribution in [3.05, 3.63) is 23.3 Å². The van der Waals surface area contributed by atoms with E-state index >= 15 is 0 Å². The van der Waals surface area contributed by atoms with Gasteiger partial charge in [0.1, 0.15) is 6.17 Å². The Morgan fingerprint density at radius 1 is 1.26 bits per heavy atom. The summed E-state index contributed by atoms with van der Waals surface area (Å²) in [6, 6.07) is 0. The predicted octanol–water partition coefficient (Wildman–Crippen LogP) is 5.45. The van der Waals surface area contributed by atoms with Gasteiger partial charge in [0.25, 0.3) is 0 Å². The molecule has 3 aliphatic carbocycles. The molecule has 0 spiro atoms. The first-order chi connectivity index (χ1) is 9.19. The van der Waals surface area contributed by atoms with E-state index < -0.39 is 6.17 Å². The highest BCUT2D eigenvalue weighted by atomic mass is 19.1. The van der Waals surface area contributed by atoms with Crippen LogP contribution in [0.15, 0.2) is 23.3 Å². The number of hydrogen-bond acceptors (Lipinski definition) is 0. The van der Waals surface area contributed by atoms with Crippen molar-refractivity contribution in [3.63, 3.8) is 0 Å². The highest BCUT2D eigenvalue weighted by molar-refractivity contribution is 5.37. The second kappa shape index (κ2) is 5.42. The highest BCUT2D eigenvalue weighted by Gasteiger charge is 2.39. The van der Waals surface area contributed by atoms with E-state index in [1.807, 2.05) is 0 Å². The standard InChI is InChI=1S/C18H27F/c1-3-13-11-18(14-4-5-14)17(10-12(13)2)15-6-8-16(19)9-7-15/h6,10,12-14,16,18H,3-5,7-9,11H2,1-2H3/t12?,13?,16-,18+/m0/s1. The van der Waals surface area contributed by atoms with Gasteiger partial charge >= 0.3 is 0 Å². The summed E-state index contributed by atoms with van der Waals surface area (Å²) in [7, 11) is 0. The van der Waals surface area contributed by atoms with Crippen molar-refractivity contribution in [1.29, 1.82) is 0 Å². The number of halogens is 1. The molecule has 4 atom stereocenters. The summed E-state index contributed by atoms with van der Waals surface area (Å²) >= 11 is 0. The molecule has 1 fully saturated rings. The zero-order valence-electron chi connectivity index (χ0n) is 12.4. The summed E-state index contributed by atoms with van der Waals surface area (Å²) < 4.78 is 13.3. The van der Waals surface area contributed by atoms with Crippen LogP contribution in [0.25, 0.3) is 0 Å². The average molecular weight is 262 g/mol. The van der Waals surface area contributed by atoms with Crippen molar-refractivity contribution in [2.75, 3.05) is 0 Å². The summed E-state index contributed by atoms with van der Waals surface area (Å²) in [6.07, 6.45) is 12.1. The second-order valence-electron chi connectivity index (χ2n) is 6.93. The molecule has 0 aromatic rings. The number of allylic oxidation sites excluding steroid dienone is 4. The predicted molar refractivity (Wildman–Crippen MR) is 78.7 cm³/mol. The first kappa shape index (κ1) is 13.4. The third-order valence-electron chi connectivity index (χ3n) is 5.58. The van der Waals surface area contributed by atoms with Gasteiger partial charge in [0.15, 0.2) is 0 Å². The van der Waals surface area contributed by atoms with Gasteiger partial charge in [0, 0.05) is 0 Å². The fraction of sp³-hybridized carbons (Fsp3) is 0.778. The van der Waals surface area contributed by atoms with E-state index in [0.29, 0.717) is 12.3 Å². The van der Waals surface area contributed by atoms with Crippen molar-refractivity contribution in [2.24, 2.45) is 23.7 Å². The van der Waals surface area contributed by atoms with Crippen LogP contribution in [0.1, 0.15) is 58.8 Å². The van der Waals surface area contributed by atoms with Crippen molar-refractivity contribution >= 4 is 0 Å². The van der Waals surface area contributed by atoms with Crippen LogP contribution in [0.4, 0.5) is 4.39 Å². The molecule has 0 amide bonds. The molecule has 0 bridgehead atoms. The molecule has 1 heteroatoms. The Balaban J connectivity index is 1.84. The first-order valence-corrected chi connectivity index (χ1v) is 8.24. The molecule has 19 heavy (non-hydrogen) atoms. The van der Waals surface area contributed by atoms with Gasteiger partial charge in [-0.2, -0.15) is 0 Å². The molecule has 0 nitrogen and oxygen atoms in total. The van der Waals surface area contributed by atoms with Gasteiger partial charge in [-0.1, -0.05) is 32.4 Å². The Kier molecular flexibility index (Phi) is 3.82. The van der Waals surface area contributed by atoms with Gasteiger partial charge in [-0.3, -0.25) is 0 Å². The Morgan fingerprint density at radius 2 is 2.05 bits per heavy atom. The van der Waals surface area contributed by atoms with Crippen LogP contribution in [-0.4, -0.2) is 6.17 Å². The maximum absolute atomic E-state index is 13.3. The molecule has 0 aromatic carbocycles. The van der Waals surface area contributed by atoms with E-state index in [9.17, 15) is 4.39 Å². The van der Waals surface area contributed by atoms with E-state index in [0.717, 1.165) is 30.6 Å². The summed E-state index contributed by atoms with van der Waals surface area (Å²) in [5.41, 5.74) is 3.11. The minimum atomic E-state index is -0.590. The van der Waals surface area contributed by atoms with Gasteiger partial charge in [0.2, 0.25) is 0 Å². The van der Waals surface area contributed by atoms with Crippen molar-refractivity contribution in [1.82, 2.24) is 0 Å². The second-order valence-corrected chi connectivity index (χ2v) is 6.93. The molecule has 0 aromatic heterocycles. The maximum Gasteiger partial charge on any atom is 0.104 e. The van der Waals surface area contributed by atoms with Crippen molar-refractivity contribution < 1.29 is 4.39 Å². The quantitative estimate of drug-likeness (QED) is 0.634. The van der Waals surface area contributed by atoms with Gasteiger partial charge < -0.3 is 0 Å². The van der Waals surface area contributed by atoms with Crippen LogP contribution in [-0.2, 0) is 0 Å². The monoisotopic (exact) mass is 262 g/mol. The van der Waals surface area contributed by atoms with E-state index in [4.69, 9.17) is 0 Å². The largest absolute Gasteiger partial charge is 0.247 e. The number of alkyl halides is 1. The Bertz CT molecular complexity index is 388. The molecule has 0 heterocycles.